The van der Waals surface area contributed by atoms with Crippen molar-refractivity contribution in [3.63, 3.8) is 0 Å². The monoisotopic (exact) mass is 390 g/mol. The molecule has 3 rings (SSSR count). The van der Waals surface area contributed by atoms with Crippen LogP contribution in [0.3, 0.4) is 0 Å². The van der Waals surface area contributed by atoms with E-state index in [1.54, 1.807) is 48.7 Å². The zero-order valence-corrected chi connectivity index (χ0v) is 16.4. The zero-order chi connectivity index (χ0) is 20.8. The minimum atomic E-state index is -0.336. The number of benzene rings is 2. The first-order valence-electron chi connectivity index (χ1n) is 9.29. The molecule has 2 aromatic carbocycles. The zero-order valence-electron chi connectivity index (χ0n) is 16.4. The fourth-order valence-electron chi connectivity index (χ4n) is 2.73. The largest absolute Gasteiger partial charge is 0.491 e. The second-order valence-corrected chi connectivity index (χ2v) is 6.40. The molecule has 3 aromatic rings. The number of ketones is 1. The van der Waals surface area contributed by atoms with Gasteiger partial charge in [0, 0.05) is 23.2 Å². The van der Waals surface area contributed by atoms with Crippen molar-refractivity contribution in [2.75, 3.05) is 11.9 Å². The quantitative estimate of drug-likeness (QED) is 0.425. The maximum atomic E-state index is 11.8. The van der Waals surface area contributed by atoms with Crippen molar-refractivity contribution in [3.8, 4) is 17.2 Å². The van der Waals surface area contributed by atoms with E-state index in [-0.39, 0.29) is 11.7 Å². The lowest BCUT2D eigenvalue weighted by Gasteiger charge is -2.15. The smallest absolute Gasteiger partial charge is 0.247 e. The Hall–Kier alpha value is -3.67. The summed E-state index contributed by atoms with van der Waals surface area (Å²) in [4.78, 5) is 27.7. The number of rotatable bonds is 8. The first kappa shape index (κ1) is 20.1. The van der Waals surface area contributed by atoms with Crippen molar-refractivity contribution in [3.05, 3.63) is 66.9 Å². The summed E-state index contributed by atoms with van der Waals surface area (Å²) in [6.07, 6.45) is 3.68. The van der Waals surface area contributed by atoms with Gasteiger partial charge in [-0.1, -0.05) is 13.5 Å². The highest BCUT2D eigenvalue weighted by atomic mass is 16.5. The SMILES string of the molecule is C=CC(=O)Nc1cc2c(Oc3ccc(C(C)=O)cc3)ccnc2cc1OCCC. The second-order valence-electron chi connectivity index (χ2n) is 6.40. The van der Waals surface area contributed by atoms with Crippen LogP contribution in [0.1, 0.15) is 30.6 Å². The Morgan fingerprint density at radius 3 is 2.55 bits per heavy atom. The van der Waals surface area contributed by atoms with Gasteiger partial charge in [-0.3, -0.25) is 14.6 Å². The van der Waals surface area contributed by atoms with Crippen LogP contribution in [0.2, 0.25) is 0 Å². The van der Waals surface area contributed by atoms with Crippen LogP contribution in [0.5, 0.6) is 17.2 Å². The van der Waals surface area contributed by atoms with Gasteiger partial charge < -0.3 is 14.8 Å². The Labute approximate surface area is 169 Å². The summed E-state index contributed by atoms with van der Waals surface area (Å²) >= 11 is 0. The molecule has 1 aromatic heterocycles. The van der Waals surface area contributed by atoms with Gasteiger partial charge in [0.05, 0.1) is 17.8 Å². The predicted molar refractivity (Wildman–Crippen MR) is 113 cm³/mol. The number of carbonyl (C=O) groups excluding carboxylic acids is 2. The van der Waals surface area contributed by atoms with Gasteiger partial charge in [0.2, 0.25) is 5.91 Å². The van der Waals surface area contributed by atoms with Gasteiger partial charge >= 0.3 is 0 Å². The molecule has 0 bridgehead atoms. The van der Waals surface area contributed by atoms with Crippen molar-refractivity contribution in [2.24, 2.45) is 0 Å². The van der Waals surface area contributed by atoms with Crippen molar-refractivity contribution >= 4 is 28.3 Å². The summed E-state index contributed by atoms with van der Waals surface area (Å²) in [5.41, 5.74) is 1.80. The lowest BCUT2D eigenvalue weighted by atomic mass is 10.1. The van der Waals surface area contributed by atoms with Crippen LogP contribution < -0.4 is 14.8 Å². The Bertz CT molecular complexity index is 1060. The maximum absolute atomic E-state index is 11.8. The molecule has 0 radical (unpaired) electrons. The molecule has 1 heterocycles. The lowest BCUT2D eigenvalue weighted by Crippen LogP contribution is -2.09. The molecule has 148 valence electrons. The van der Waals surface area contributed by atoms with Crippen LogP contribution in [0.15, 0.2) is 61.3 Å². The molecular formula is C23H22N2O4. The van der Waals surface area contributed by atoms with Crippen molar-refractivity contribution in [1.82, 2.24) is 4.98 Å². The fourth-order valence-corrected chi connectivity index (χ4v) is 2.73. The van der Waals surface area contributed by atoms with E-state index < -0.39 is 0 Å². The summed E-state index contributed by atoms with van der Waals surface area (Å²) in [5.74, 6) is 1.35. The topological polar surface area (TPSA) is 77.5 Å². The van der Waals surface area contributed by atoms with Gasteiger partial charge in [-0.05, 0) is 55.8 Å². The van der Waals surface area contributed by atoms with Crippen LogP contribution in [0.4, 0.5) is 5.69 Å². The summed E-state index contributed by atoms with van der Waals surface area (Å²) in [7, 11) is 0. The van der Waals surface area contributed by atoms with Gasteiger partial charge in [0.1, 0.15) is 17.2 Å². The number of nitrogens with zero attached hydrogens (tertiary/aromatic N) is 1. The number of ether oxygens (including phenoxy) is 2. The summed E-state index contributed by atoms with van der Waals surface area (Å²) in [6, 6.07) is 12.2. The fraction of sp³-hybridized carbons (Fsp3) is 0.174. The third-order valence-electron chi connectivity index (χ3n) is 4.20. The second kappa shape index (κ2) is 9.01. The third kappa shape index (κ3) is 4.79. The number of anilines is 1. The number of aromatic nitrogens is 1. The molecule has 0 atom stereocenters. The van der Waals surface area contributed by atoms with Crippen LogP contribution in [0, 0.1) is 0 Å². The average molecular weight is 390 g/mol. The Kier molecular flexibility index (Phi) is 6.24. The molecule has 6 heteroatoms. The molecule has 1 N–H and O–H groups in total. The molecule has 1 amide bonds. The number of hydrogen-bond acceptors (Lipinski definition) is 5. The van der Waals surface area contributed by atoms with Crippen LogP contribution in [-0.4, -0.2) is 23.3 Å². The van der Waals surface area contributed by atoms with Crippen LogP contribution >= 0.6 is 0 Å². The molecule has 6 nitrogen and oxygen atoms in total. The van der Waals surface area contributed by atoms with E-state index in [1.165, 1.54) is 13.0 Å². The van der Waals surface area contributed by atoms with E-state index in [9.17, 15) is 9.59 Å². The summed E-state index contributed by atoms with van der Waals surface area (Å²) in [5, 5.41) is 3.48. The first-order chi connectivity index (χ1) is 14.0. The number of hydrogen-bond donors (Lipinski definition) is 1. The number of pyridine rings is 1. The number of nitrogens with one attached hydrogen (secondary N) is 1. The maximum Gasteiger partial charge on any atom is 0.247 e. The van der Waals surface area contributed by atoms with E-state index in [1.807, 2.05) is 6.92 Å². The van der Waals surface area contributed by atoms with Gasteiger partial charge in [0.15, 0.2) is 5.78 Å². The van der Waals surface area contributed by atoms with E-state index >= 15 is 0 Å². The number of carbonyl (C=O) groups is 2. The normalized spacial score (nSPS) is 10.4. The molecule has 29 heavy (non-hydrogen) atoms. The highest BCUT2D eigenvalue weighted by molar-refractivity contribution is 6.02. The van der Waals surface area contributed by atoms with Crippen molar-refractivity contribution < 1.29 is 19.1 Å². The molecule has 0 saturated heterocycles. The molecule has 0 aliphatic rings. The molecular weight excluding hydrogens is 368 g/mol. The highest BCUT2D eigenvalue weighted by Gasteiger charge is 2.13. The van der Waals surface area contributed by atoms with Crippen molar-refractivity contribution in [1.29, 1.82) is 0 Å². The van der Waals surface area contributed by atoms with E-state index in [0.717, 1.165) is 6.42 Å². The van der Waals surface area contributed by atoms with Crippen molar-refractivity contribution in [2.45, 2.75) is 20.3 Å². The average Bonchev–Trinajstić information content (AvgIpc) is 2.73. The number of Topliss-reactive ketones (excluding diaryl/α,β-unsaturated/α-hetero) is 1. The molecule has 0 unspecified atom stereocenters. The van der Waals surface area contributed by atoms with E-state index in [0.29, 0.717) is 46.0 Å². The van der Waals surface area contributed by atoms with E-state index in [4.69, 9.17) is 9.47 Å². The molecule has 0 aliphatic carbocycles. The molecule has 0 aliphatic heterocycles. The van der Waals surface area contributed by atoms with Crippen LogP contribution in [0.25, 0.3) is 10.9 Å². The first-order valence-corrected chi connectivity index (χ1v) is 9.29. The minimum absolute atomic E-state index is 0.00637. The number of amides is 1. The predicted octanol–water partition coefficient (Wildman–Crippen LogP) is 5.14. The standard InChI is InChI=1S/C23H22N2O4/c1-4-12-28-22-14-19-18(13-20(22)25-23(27)5-2)21(10-11-24-19)29-17-8-6-16(7-9-17)15(3)26/h5-11,13-14H,2,4,12H2,1,3H3,(H,25,27). The Balaban J connectivity index is 2.01. The molecule has 0 saturated carbocycles. The summed E-state index contributed by atoms with van der Waals surface area (Å²) in [6.45, 7) is 7.53. The Morgan fingerprint density at radius 2 is 1.90 bits per heavy atom. The highest BCUT2D eigenvalue weighted by Crippen LogP contribution is 2.36. The summed E-state index contributed by atoms with van der Waals surface area (Å²) < 4.78 is 11.8. The van der Waals surface area contributed by atoms with Crippen LogP contribution in [-0.2, 0) is 4.79 Å². The van der Waals surface area contributed by atoms with E-state index in [2.05, 4.69) is 16.9 Å². The Morgan fingerprint density at radius 1 is 1.14 bits per heavy atom. The van der Waals surface area contributed by atoms with Gasteiger partial charge in [-0.25, -0.2) is 0 Å². The minimum Gasteiger partial charge on any atom is -0.491 e. The van der Waals surface area contributed by atoms with Gasteiger partial charge in [0.25, 0.3) is 0 Å². The lowest BCUT2D eigenvalue weighted by molar-refractivity contribution is -0.111. The third-order valence-corrected chi connectivity index (χ3v) is 4.20. The molecule has 0 fully saturated rings. The number of fused-ring (bicyclic) bond motifs is 1. The van der Waals surface area contributed by atoms with Gasteiger partial charge in [-0.15, -0.1) is 0 Å². The molecule has 0 spiro atoms. The van der Waals surface area contributed by atoms with Gasteiger partial charge in [-0.2, -0.15) is 0 Å².